The molecule has 2 aromatic rings. The topological polar surface area (TPSA) is 93.5 Å². The molecule has 0 unspecified atom stereocenters. The number of halogens is 4. The van der Waals surface area contributed by atoms with Gasteiger partial charge in [0.25, 0.3) is 5.91 Å². The number of amides is 1. The summed E-state index contributed by atoms with van der Waals surface area (Å²) in [6.07, 6.45) is -3.99. The Labute approximate surface area is 158 Å². The van der Waals surface area contributed by atoms with Crippen LogP contribution in [-0.4, -0.2) is 17.8 Å². The number of benzene rings is 2. The van der Waals surface area contributed by atoms with Gasteiger partial charge in [-0.3, -0.25) is 4.79 Å². The van der Waals surface area contributed by atoms with Gasteiger partial charge in [0.2, 0.25) is 0 Å². The minimum absolute atomic E-state index is 0.0522. The summed E-state index contributed by atoms with van der Waals surface area (Å²) in [5.41, 5.74) is 10.3. The van der Waals surface area contributed by atoms with E-state index >= 15 is 0 Å². The molecule has 0 atom stereocenters. The van der Waals surface area contributed by atoms with E-state index in [4.69, 9.17) is 23.1 Å². The lowest BCUT2D eigenvalue weighted by atomic mass is 10.1. The first-order valence-electron chi connectivity index (χ1n) is 7.62. The van der Waals surface area contributed by atoms with E-state index in [0.717, 1.165) is 0 Å². The summed E-state index contributed by atoms with van der Waals surface area (Å²) < 4.78 is 39.1. The molecule has 0 fully saturated rings. The second-order valence-electron chi connectivity index (χ2n) is 5.62. The zero-order chi connectivity index (χ0) is 20.2. The van der Waals surface area contributed by atoms with Gasteiger partial charge in [0, 0.05) is 22.0 Å². The molecule has 0 aliphatic carbocycles. The second-order valence-corrected chi connectivity index (χ2v) is 6.05. The van der Waals surface area contributed by atoms with Gasteiger partial charge in [-0.2, -0.15) is 13.2 Å². The molecular formula is C18H16ClF3N4O. The first-order chi connectivity index (χ1) is 12.6. The third kappa shape index (κ3) is 5.75. The van der Waals surface area contributed by atoms with E-state index in [1.54, 1.807) is 24.3 Å². The van der Waals surface area contributed by atoms with Crippen LogP contribution in [0.1, 0.15) is 17.3 Å². The highest BCUT2D eigenvalue weighted by Crippen LogP contribution is 2.28. The summed E-state index contributed by atoms with van der Waals surface area (Å²) in [6, 6.07) is 10.2. The van der Waals surface area contributed by atoms with Crippen molar-refractivity contribution < 1.29 is 18.0 Å². The zero-order valence-electron chi connectivity index (χ0n) is 14.1. The molecule has 27 heavy (non-hydrogen) atoms. The average molecular weight is 397 g/mol. The maximum absolute atomic E-state index is 13.0. The van der Waals surface area contributed by atoms with E-state index in [9.17, 15) is 18.0 Å². The number of nitrogen functional groups attached to an aromatic ring is 1. The molecule has 9 heteroatoms. The van der Waals surface area contributed by atoms with Gasteiger partial charge in [-0.25, -0.2) is 4.99 Å². The molecule has 0 bridgehead atoms. The van der Waals surface area contributed by atoms with Gasteiger partial charge in [-0.05, 0) is 55.5 Å². The maximum Gasteiger partial charge on any atom is 0.433 e. The number of anilines is 2. The Bertz CT molecular complexity index is 902. The number of hydrogen-bond acceptors (Lipinski definition) is 4. The number of alkyl halides is 3. The van der Waals surface area contributed by atoms with Gasteiger partial charge >= 0.3 is 6.18 Å². The molecule has 1 amide bonds. The number of carbonyl (C=O) groups is 1. The van der Waals surface area contributed by atoms with Crippen molar-refractivity contribution in [1.82, 2.24) is 0 Å². The molecule has 5 N–H and O–H groups in total. The van der Waals surface area contributed by atoms with Crippen LogP contribution < -0.4 is 16.8 Å². The number of nitrogens with one attached hydrogen (secondary N) is 1. The van der Waals surface area contributed by atoms with Crippen LogP contribution in [0.4, 0.5) is 30.2 Å². The van der Waals surface area contributed by atoms with Gasteiger partial charge in [0.05, 0.1) is 11.4 Å². The number of aliphatic imine (C=N–C) groups is 1. The summed E-state index contributed by atoms with van der Waals surface area (Å²) >= 11 is 5.77. The van der Waals surface area contributed by atoms with Crippen LogP contribution in [-0.2, 0) is 0 Å². The van der Waals surface area contributed by atoms with Gasteiger partial charge in [-0.1, -0.05) is 11.6 Å². The van der Waals surface area contributed by atoms with Crippen LogP contribution in [0, 0.1) is 0 Å². The van der Waals surface area contributed by atoms with Crippen molar-refractivity contribution >= 4 is 40.3 Å². The quantitative estimate of drug-likeness (QED) is 0.517. The third-order valence-corrected chi connectivity index (χ3v) is 3.54. The van der Waals surface area contributed by atoms with Crippen molar-refractivity contribution in [3.63, 3.8) is 0 Å². The Kier molecular flexibility index (Phi) is 6.12. The predicted octanol–water partition coefficient (Wildman–Crippen LogP) is 4.67. The SMILES string of the molecule is CC(N)=CC(=Nc1ccc(C(=O)Nc2ccc(Cl)cc2)cc1N)C(F)(F)F. The average Bonchev–Trinajstić information content (AvgIpc) is 2.56. The van der Waals surface area contributed by atoms with E-state index in [-0.39, 0.29) is 22.6 Å². The predicted molar refractivity (Wildman–Crippen MR) is 101 cm³/mol. The molecule has 0 aliphatic heterocycles. The molecule has 5 nitrogen and oxygen atoms in total. The van der Waals surface area contributed by atoms with Crippen LogP contribution in [0.25, 0.3) is 0 Å². The van der Waals surface area contributed by atoms with Crippen molar-refractivity contribution in [1.29, 1.82) is 0 Å². The van der Waals surface area contributed by atoms with Gasteiger partial charge in [-0.15, -0.1) is 0 Å². The van der Waals surface area contributed by atoms with Crippen molar-refractivity contribution in [2.24, 2.45) is 10.7 Å². The molecule has 2 rings (SSSR count). The molecule has 0 heterocycles. The highest BCUT2D eigenvalue weighted by Gasteiger charge is 2.34. The summed E-state index contributed by atoms with van der Waals surface area (Å²) in [5.74, 6) is -0.478. The first-order valence-corrected chi connectivity index (χ1v) is 8.00. The van der Waals surface area contributed by atoms with Crippen LogP contribution in [0.5, 0.6) is 0 Å². The van der Waals surface area contributed by atoms with Crippen LogP contribution >= 0.6 is 11.6 Å². The fraction of sp³-hybridized carbons (Fsp3) is 0.111. The molecule has 142 valence electrons. The fourth-order valence-corrected chi connectivity index (χ4v) is 2.18. The van der Waals surface area contributed by atoms with Crippen LogP contribution in [0.3, 0.4) is 0 Å². The number of allylic oxidation sites excluding steroid dienone is 2. The molecule has 0 aromatic heterocycles. The largest absolute Gasteiger partial charge is 0.433 e. The van der Waals surface area contributed by atoms with Gasteiger partial charge in [0.1, 0.15) is 5.71 Å². The Morgan fingerprint density at radius 3 is 2.33 bits per heavy atom. The standard InChI is InChI=1S/C18H16ClF3N4O/c1-10(23)8-16(18(20,21)22)26-15-7-2-11(9-14(15)24)17(27)25-13-5-3-12(19)4-6-13/h2-9H,23-24H2,1H3,(H,25,27). The van der Waals surface area contributed by atoms with Crippen molar-refractivity contribution in [3.05, 3.63) is 64.8 Å². The molecule has 0 radical (unpaired) electrons. The highest BCUT2D eigenvalue weighted by molar-refractivity contribution is 6.30. The normalized spacial score (nSPS) is 12.8. The van der Waals surface area contributed by atoms with E-state index in [2.05, 4.69) is 10.3 Å². The van der Waals surface area contributed by atoms with Crippen LogP contribution in [0.2, 0.25) is 5.02 Å². The monoisotopic (exact) mass is 396 g/mol. The Morgan fingerprint density at radius 1 is 1.19 bits per heavy atom. The molecule has 0 aliphatic rings. The lowest BCUT2D eigenvalue weighted by Gasteiger charge is -2.10. The van der Waals surface area contributed by atoms with E-state index in [1.165, 1.54) is 25.1 Å². The van der Waals surface area contributed by atoms with Crippen molar-refractivity contribution in [2.45, 2.75) is 13.1 Å². The Hall–Kier alpha value is -3.00. The molecule has 0 saturated carbocycles. The van der Waals surface area contributed by atoms with E-state index < -0.39 is 17.8 Å². The van der Waals surface area contributed by atoms with Crippen molar-refractivity contribution in [2.75, 3.05) is 11.1 Å². The summed E-state index contributed by atoms with van der Waals surface area (Å²) in [4.78, 5) is 15.8. The molecular weight excluding hydrogens is 381 g/mol. The number of carbonyl (C=O) groups excluding carboxylic acids is 1. The van der Waals surface area contributed by atoms with Gasteiger partial charge in [0.15, 0.2) is 0 Å². The van der Waals surface area contributed by atoms with Crippen LogP contribution in [0.15, 0.2) is 59.2 Å². The molecule has 2 aromatic carbocycles. The smallest absolute Gasteiger partial charge is 0.402 e. The molecule has 0 saturated heterocycles. The van der Waals surface area contributed by atoms with Gasteiger partial charge < -0.3 is 16.8 Å². The fourth-order valence-electron chi connectivity index (χ4n) is 2.06. The first kappa shape index (κ1) is 20.3. The summed E-state index contributed by atoms with van der Waals surface area (Å²) in [6.45, 7) is 1.31. The van der Waals surface area contributed by atoms with E-state index in [1.807, 2.05) is 0 Å². The number of rotatable bonds is 4. The van der Waals surface area contributed by atoms with Crippen molar-refractivity contribution in [3.8, 4) is 0 Å². The summed E-state index contributed by atoms with van der Waals surface area (Å²) in [5, 5.41) is 3.14. The molecule has 0 spiro atoms. The lowest BCUT2D eigenvalue weighted by molar-refractivity contribution is -0.0576. The minimum Gasteiger partial charge on any atom is -0.402 e. The number of nitrogens with zero attached hydrogens (tertiary/aromatic N) is 1. The number of hydrogen-bond donors (Lipinski definition) is 3. The highest BCUT2D eigenvalue weighted by atomic mass is 35.5. The summed E-state index contributed by atoms with van der Waals surface area (Å²) in [7, 11) is 0. The second kappa shape index (κ2) is 8.13. The maximum atomic E-state index is 13.0. The third-order valence-electron chi connectivity index (χ3n) is 3.29. The number of nitrogens with two attached hydrogens (primary N) is 2. The minimum atomic E-state index is -4.70. The Balaban J connectivity index is 2.28. The lowest BCUT2D eigenvalue weighted by Crippen LogP contribution is -2.21. The zero-order valence-corrected chi connectivity index (χ0v) is 14.9. The Morgan fingerprint density at radius 2 is 1.81 bits per heavy atom. The van der Waals surface area contributed by atoms with E-state index in [0.29, 0.717) is 16.8 Å².